The highest BCUT2D eigenvalue weighted by Gasteiger charge is 2.25. The maximum atomic E-state index is 8.62. The zero-order valence-electron chi connectivity index (χ0n) is 12.4. The zero-order chi connectivity index (χ0) is 14.7. The molecule has 2 rings (SSSR count). The molecule has 0 bridgehead atoms. The van der Waals surface area contributed by atoms with Gasteiger partial charge in [-0.2, -0.15) is 0 Å². The van der Waals surface area contributed by atoms with Crippen LogP contribution in [-0.2, 0) is 4.74 Å². The topological polar surface area (TPSA) is 29.5 Å². The molecule has 0 aliphatic heterocycles. The fraction of sp³-hybridized carbons (Fsp3) is 0.750. The van der Waals surface area contributed by atoms with E-state index in [1.165, 1.54) is 12.8 Å². The summed E-state index contributed by atoms with van der Waals surface area (Å²) in [5, 5.41) is 9.51. The van der Waals surface area contributed by atoms with Gasteiger partial charge in [0.2, 0.25) is 0 Å². The first-order chi connectivity index (χ1) is 9.03. The molecule has 0 aromatic carbocycles. The van der Waals surface area contributed by atoms with Gasteiger partial charge in [0.05, 0.1) is 18.8 Å². The van der Waals surface area contributed by atoms with Crippen LogP contribution in [-0.4, -0.2) is 29.3 Å². The van der Waals surface area contributed by atoms with Gasteiger partial charge in [0, 0.05) is 5.33 Å². The van der Waals surface area contributed by atoms with Crippen molar-refractivity contribution in [1.29, 1.82) is 0 Å². The van der Waals surface area contributed by atoms with E-state index in [4.69, 9.17) is 9.84 Å². The van der Waals surface area contributed by atoms with Crippen LogP contribution in [0.4, 0.5) is 0 Å². The number of hydrogen-bond donors (Lipinski definition) is 1. The summed E-state index contributed by atoms with van der Waals surface area (Å²) in [5.41, 5.74) is 0. The highest BCUT2D eigenvalue weighted by Crippen LogP contribution is 2.28. The third kappa shape index (κ3) is 10.3. The molecule has 0 unspecified atom stereocenters. The number of aliphatic hydroxyl groups excluding tert-OH is 1. The largest absolute Gasteiger partial charge is 0.393 e. The number of halogens is 1. The van der Waals surface area contributed by atoms with Crippen LogP contribution in [0.25, 0.3) is 0 Å². The van der Waals surface area contributed by atoms with Gasteiger partial charge in [-0.1, -0.05) is 41.9 Å². The normalized spacial score (nSPS) is 31.4. The Morgan fingerprint density at radius 1 is 1.11 bits per heavy atom. The molecule has 112 valence electrons. The van der Waals surface area contributed by atoms with Crippen molar-refractivity contribution in [3.8, 4) is 0 Å². The average Bonchev–Trinajstić information content (AvgIpc) is 2.33. The fourth-order valence-electron chi connectivity index (χ4n) is 2.03. The zero-order valence-corrected chi connectivity index (χ0v) is 13.9. The lowest BCUT2D eigenvalue weighted by Gasteiger charge is -2.31. The molecule has 2 saturated carbocycles. The van der Waals surface area contributed by atoms with Gasteiger partial charge in [0.25, 0.3) is 0 Å². The van der Waals surface area contributed by atoms with Crippen LogP contribution in [0.2, 0.25) is 0 Å². The summed E-state index contributed by atoms with van der Waals surface area (Å²) in [5.74, 6) is 1.68. The van der Waals surface area contributed by atoms with Crippen LogP contribution in [0.15, 0.2) is 25.3 Å². The second-order valence-corrected chi connectivity index (χ2v) is 6.14. The Kier molecular flexibility index (Phi) is 11.6. The first kappa shape index (κ1) is 18.9. The molecule has 2 aliphatic rings. The number of alkyl halides is 1. The third-order valence-corrected chi connectivity index (χ3v) is 3.70. The molecule has 0 amide bonds. The lowest BCUT2D eigenvalue weighted by atomic mass is 9.84. The molecule has 19 heavy (non-hydrogen) atoms. The van der Waals surface area contributed by atoms with Gasteiger partial charge in [-0.05, 0) is 37.5 Å². The van der Waals surface area contributed by atoms with Gasteiger partial charge in [-0.15, -0.1) is 13.2 Å². The molecule has 0 aromatic rings. The minimum atomic E-state index is 0.0417. The van der Waals surface area contributed by atoms with Crippen molar-refractivity contribution in [2.24, 2.45) is 11.8 Å². The van der Waals surface area contributed by atoms with E-state index in [1.807, 2.05) is 6.08 Å². The van der Waals surface area contributed by atoms with Gasteiger partial charge >= 0.3 is 0 Å². The van der Waals surface area contributed by atoms with Crippen molar-refractivity contribution >= 4 is 15.9 Å². The van der Waals surface area contributed by atoms with Gasteiger partial charge in [0.15, 0.2) is 0 Å². The van der Waals surface area contributed by atoms with E-state index in [0.29, 0.717) is 6.10 Å². The van der Waals surface area contributed by atoms with Crippen LogP contribution >= 0.6 is 15.9 Å². The van der Waals surface area contributed by atoms with Crippen molar-refractivity contribution in [2.45, 2.75) is 51.7 Å². The summed E-state index contributed by atoms with van der Waals surface area (Å²) >= 11 is 3.13. The summed E-state index contributed by atoms with van der Waals surface area (Å²) in [6.45, 7) is 12.2. The van der Waals surface area contributed by atoms with Gasteiger partial charge in [-0.25, -0.2) is 0 Å². The quantitative estimate of drug-likeness (QED) is 0.613. The van der Waals surface area contributed by atoms with Crippen LogP contribution in [0, 0.1) is 11.8 Å². The molecule has 2 fully saturated rings. The van der Waals surface area contributed by atoms with E-state index >= 15 is 0 Å². The Labute approximate surface area is 127 Å². The van der Waals surface area contributed by atoms with Crippen molar-refractivity contribution in [1.82, 2.24) is 0 Å². The van der Waals surface area contributed by atoms with Crippen LogP contribution < -0.4 is 0 Å². The summed E-state index contributed by atoms with van der Waals surface area (Å²) in [7, 11) is 0. The smallest absolute Gasteiger partial charge is 0.0648 e. The minimum absolute atomic E-state index is 0.0417. The second-order valence-electron chi connectivity index (χ2n) is 5.49. The van der Waals surface area contributed by atoms with E-state index in [2.05, 4.69) is 42.9 Å². The second kappa shape index (κ2) is 11.7. The van der Waals surface area contributed by atoms with Crippen LogP contribution in [0.3, 0.4) is 0 Å². The third-order valence-electron chi connectivity index (χ3n) is 3.24. The molecule has 0 aromatic heterocycles. The molecule has 0 heterocycles. The Morgan fingerprint density at radius 2 is 1.58 bits per heavy atom. The SMILES string of the molecule is C=CCBr.C=CCOC1CC(C)C1.CC1CC(O)C1. The molecule has 1 N–H and O–H groups in total. The molecule has 0 atom stereocenters. The Hall–Kier alpha value is -0.120. The fourth-order valence-corrected chi connectivity index (χ4v) is 2.03. The minimum Gasteiger partial charge on any atom is -0.393 e. The molecular formula is C16H29BrO2. The van der Waals surface area contributed by atoms with Crippen molar-refractivity contribution in [2.75, 3.05) is 11.9 Å². The highest BCUT2D eigenvalue weighted by molar-refractivity contribution is 9.09. The number of aliphatic hydroxyl groups is 1. The maximum absolute atomic E-state index is 8.62. The van der Waals surface area contributed by atoms with Crippen LogP contribution in [0.5, 0.6) is 0 Å². The Balaban J connectivity index is 0.000000281. The standard InChI is InChI=1S/C8H14O.C5H10O.C3H5Br/c1-3-4-9-8-5-7(2)6-8;1-4-2-5(6)3-4;1-2-3-4/h3,7-8H,1,4-6H2,2H3;4-6H,2-3H2,1H3;2H,1,3H2. The first-order valence-corrected chi connectivity index (χ1v) is 8.22. The van der Waals surface area contributed by atoms with Gasteiger partial charge < -0.3 is 9.84 Å². The molecule has 0 spiro atoms. The first-order valence-electron chi connectivity index (χ1n) is 7.10. The maximum Gasteiger partial charge on any atom is 0.0648 e. The van der Waals surface area contributed by atoms with Gasteiger partial charge in [0.1, 0.15) is 0 Å². The van der Waals surface area contributed by atoms with E-state index < -0.39 is 0 Å². The van der Waals surface area contributed by atoms with Crippen molar-refractivity contribution in [3.05, 3.63) is 25.3 Å². The van der Waals surface area contributed by atoms with E-state index in [9.17, 15) is 0 Å². The molecule has 0 saturated heterocycles. The number of hydrogen-bond acceptors (Lipinski definition) is 2. The number of ether oxygens (including phenoxy) is 1. The van der Waals surface area contributed by atoms with E-state index in [-0.39, 0.29) is 6.10 Å². The molecule has 0 radical (unpaired) electrons. The number of allylic oxidation sites excluding steroid dienone is 1. The van der Waals surface area contributed by atoms with Crippen molar-refractivity contribution < 1.29 is 9.84 Å². The molecule has 2 nitrogen and oxygen atoms in total. The molecule has 2 aliphatic carbocycles. The Morgan fingerprint density at radius 3 is 1.79 bits per heavy atom. The molecule has 3 heteroatoms. The van der Waals surface area contributed by atoms with Gasteiger partial charge in [-0.3, -0.25) is 0 Å². The molecular weight excluding hydrogens is 304 g/mol. The number of rotatable bonds is 4. The monoisotopic (exact) mass is 332 g/mol. The van der Waals surface area contributed by atoms with E-state index in [1.54, 1.807) is 6.08 Å². The summed E-state index contributed by atoms with van der Waals surface area (Å²) in [4.78, 5) is 0. The summed E-state index contributed by atoms with van der Waals surface area (Å²) in [6, 6.07) is 0. The Bertz CT molecular complexity index is 225. The summed E-state index contributed by atoms with van der Waals surface area (Å²) < 4.78 is 5.38. The lowest BCUT2D eigenvalue weighted by Crippen LogP contribution is -2.29. The van der Waals surface area contributed by atoms with E-state index in [0.717, 1.165) is 36.6 Å². The van der Waals surface area contributed by atoms with Crippen molar-refractivity contribution in [3.63, 3.8) is 0 Å². The lowest BCUT2D eigenvalue weighted by molar-refractivity contribution is -0.0113. The van der Waals surface area contributed by atoms with Crippen LogP contribution in [0.1, 0.15) is 39.5 Å². The highest BCUT2D eigenvalue weighted by atomic mass is 79.9. The average molecular weight is 333 g/mol. The predicted octanol–water partition coefficient (Wildman–Crippen LogP) is 4.33. The predicted molar refractivity (Wildman–Crippen MR) is 86.7 cm³/mol. The summed E-state index contributed by atoms with van der Waals surface area (Å²) in [6.07, 6.45) is 8.72.